The Kier molecular flexibility index (Phi) is 5.92. The summed E-state index contributed by atoms with van der Waals surface area (Å²) in [4.78, 5) is 0. The highest BCUT2D eigenvalue weighted by Crippen LogP contribution is 2.35. The first-order valence-corrected chi connectivity index (χ1v) is 7.05. The summed E-state index contributed by atoms with van der Waals surface area (Å²) in [5, 5.41) is 76.7. The van der Waals surface area contributed by atoms with Crippen molar-refractivity contribution in [3.05, 3.63) is 0 Å². The van der Waals surface area contributed by atoms with Crippen LogP contribution in [0.15, 0.2) is 0 Å². The molecule has 23 heavy (non-hydrogen) atoms. The van der Waals surface area contributed by atoms with Gasteiger partial charge in [0.1, 0.15) is 49.3 Å². The van der Waals surface area contributed by atoms with Gasteiger partial charge in [-0.25, -0.2) is 0 Å². The highest BCUT2D eigenvalue weighted by Gasteiger charge is 2.58. The van der Waals surface area contributed by atoms with Gasteiger partial charge in [-0.15, -0.1) is 0 Å². The molecular formula is C12H22O11. The maximum atomic E-state index is 10.00. The van der Waals surface area contributed by atoms with Gasteiger partial charge in [0.2, 0.25) is 5.79 Å². The van der Waals surface area contributed by atoms with Crippen LogP contribution in [0.25, 0.3) is 0 Å². The van der Waals surface area contributed by atoms with E-state index in [1.807, 2.05) is 0 Å². The maximum absolute atomic E-state index is 10.00. The van der Waals surface area contributed by atoms with Gasteiger partial charge in [0.15, 0.2) is 6.29 Å². The fourth-order valence-corrected chi connectivity index (χ4v) is 2.63. The van der Waals surface area contributed by atoms with Gasteiger partial charge in [0.25, 0.3) is 0 Å². The molecule has 0 aromatic rings. The molecule has 0 saturated carbocycles. The lowest BCUT2D eigenvalue weighted by Gasteiger charge is -2.43. The minimum Gasteiger partial charge on any atom is -0.394 e. The van der Waals surface area contributed by atoms with Crippen molar-refractivity contribution in [1.29, 1.82) is 0 Å². The number of rotatable bonds is 5. The van der Waals surface area contributed by atoms with E-state index in [-0.39, 0.29) is 0 Å². The third-order valence-electron chi connectivity index (χ3n) is 4.07. The average molecular weight is 342 g/mol. The SMILES string of the molecule is OC[C@@H]1O[C@H](O[C@]2(CO)O[C@H](CO)[C@H](O)[C@H]2O)[C@@H](O)[C@@H](O)[C@@H]1O. The van der Waals surface area contributed by atoms with Crippen LogP contribution in [0, 0.1) is 0 Å². The second-order valence-electron chi connectivity index (χ2n) is 5.56. The van der Waals surface area contributed by atoms with Gasteiger partial charge in [0.05, 0.1) is 13.2 Å². The smallest absolute Gasteiger partial charge is 0.224 e. The van der Waals surface area contributed by atoms with Crippen LogP contribution < -0.4 is 0 Å². The Balaban J connectivity index is 2.18. The Bertz CT molecular complexity index is 393. The summed E-state index contributed by atoms with van der Waals surface area (Å²) < 4.78 is 15.4. The van der Waals surface area contributed by atoms with E-state index in [1.54, 1.807) is 0 Å². The summed E-state index contributed by atoms with van der Waals surface area (Å²) in [5.41, 5.74) is 0. The number of hydrogen-bond acceptors (Lipinski definition) is 11. The molecule has 0 aromatic heterocycles. The first-order chi connectivity index (χ1) is 10.8. The predicted octanol–water partition coefficient (Wildman–Crippen LogP) is -5.40. The molecule has 0 bridgehead atoms. The van der Waals surface area contributed by atoms with Gasteiger partial charge in [-0.05, 0) is 0 Å². The molecule has 0 unspecified atom stereocenters. The summed E-state index contributed by atoms with van der Waals surface area (Å²) in [7, 11) is 0. The van der Waals surface area contributed by atoms with E-state index in [1.165, 1.54) is 0 Å². The Morgan fingerprint density at radius 2 is 1.39 bits per heavy atom. The van der Waals surface area contributed by atoms with Crippen molar-refractivity contribution < 1.29 is 55.1 Å². The molecule has 11 nitrogen and oxygen atoms in total. The molecule has 0 spiro atoms. The fraction of sp³-hybridized carbons (Fsp3) is 1.00. The lowest BCUT2D eigenvalue weighted by molar-refractivity contribution is -0.383. The quantitative estimate of drug-likeness (QED) is 0.238. The van der Waals surface area contributed by atoms with Crippen molar-refractivity contribution in [3.63, 3.8) is 0 Å². The van der Waals surface area contributed by atoms with Crippen molar-refractivity contribution in [2.24, 2.45) is 0 Å². The van der Waals surface area contributed by atoms with E-state index < -0.39 is 74.6 Å². The number of aliphatic hydroxyl groups excluding tert-OH is 8. The van der Waals surface area contributed by atoms with Crippen molar-refractivity contribution >= 4 is 0 Å². The van der Waals surface area contributed by atoms with Crippen LogP contribution in [-0.2, 0) is 14.2 Å². The Labute approximate surface area is 130 Å². The average Bonchev–Trinajstić information content (AvgIpc) is 2.80. The van der Waals surface area contributed by atoms with Gasteiger partial charge in [-0.3, -0.25) is 0 Å². The molecule has 0 radical (unpaired) electrons. The van der Waals surface area contributed by atoms with Crippen LogP contribution in [0.1, 0.15) is 0 Å². The monoisotopic (exact) mass is 342 g/mol. The zero-order chi connectivity index (χ0) is 17.4. The third-order valence-corrected chi connectivity index (χ3v) is 4.07. The lowest BCUT2D eigenvalue weighted by Crippen LogP contribution is -2.62. The molecule has 2 fully saturated rings. The van der Waals surface area contributed by atoms with E-state index in [0.717, 1.165) is 0 Å². The van der Waals surface area contributed by atoms with Gasteiger partial charge in [-0.2, -0.15) is 0 Å². The van der Waals surface area contributed by atoms with Crippen LogP contribution in [0.3, 0.4) is 0 Å². The second kappa shape index (κ2) is 7.21. The topological polar surface area (TPSA) is 190 Å². The summed E-state index contributed by atoms with van der Waals surface area (Å²) in [5.74, 6) is -2.22. The minimum absolute atomic E-state index is 0.669. The zero-order valence-corrected chi connectivity index (χ0v) is 12.0. The molecule has 8 N–H and O–H groups in total. The first kappa shape index (κ1) is 18.9. The normalized spacial score (nSPS) is 51.1. The Morgan fingerprint density at radius 3 is 1.87 bits per heavy atom. The van der Waals surface area contributed by atoms with Gasteiger partial charge >= 0.3 is 0 Å². The van der Waals surface area contributed by atoms with E-state index in [9.17, 15) is 30.6 Å². The van der Waals surface area contributed by atoms with Gasteiger partial charge in [-0.1, -0.05) is 0 Å². The third kappa shape index (κ3) is 3.23. The van der Waals surface area contributed by atoms with Crippen LogP contribution in [0.2, 0.25) is 0 Å². The van der Waals surface area contributed by atoms with Crippen LogP contribution in [-0.4, -0.2) is 115 Å². The Hall–Kier alpha value is -0.440. The summed E-state index contributed by atoms with van der Waals surface area (Å²) in [6.45, 7) is -2.32. The molecule has 9 atom stereocenters. The van der Waals surface area contributed by atoms with E-state index >= 15 is 0 Å². The van der Waals surface area contributed by atoms with Gasteiger partial charge < -0.3 is 55.1 Å². The molecule has 2 aliphatic heterocycles. The molecule has 2 rings (SSSR count). The van der Waals surface area contributed by atoms with Crippen molar-refractivity contribution in [3.8, 4) is 0 Å². The molecule has 0 aromatic carbocycles. The Morgan fingerprint density at radius 1 is 0.783 bits per heavy atom. The predicted molar refractivity (Wildman–Crippen MR) is 68.6 cm³/mol. The molecule has 2 heterocycles. The summed E-state index contributed by atoms with van der Waals surface area (Å²) in [6, 6.07) is 0. The molecule has 2 saturated heterocycles. The zero-order valence-electron chi connectivity index (χ0n) is 12.0. The first-order valence-electron chi connectivity index (χ1n) is 7.05. The molecule has 136 valence electrons. The van der Waals surface area contributed by atoms with Crippen LogP contribution in [0.4, 0.5) is 0 Å². The highest BCUT2D eigenvalue weighted by molar-refractivity contribution is 4.98. The van der Waals surface area contributed by atoms with Crippen LogP contribution in [0.5, 0.6) is 0 Å². The van der Waals surface area contributed by atoms with Crippen LogP contribution >= 0.6 is 0 Å². The lowest BCUT2D eigenvalue weighted by atomic mass is 9.99. The second-order valence-corrected chi connectivity index (χ2v) is 5.56. The van der Waals surface area contributed by atoms with Gasteiger partial charge in [0, 0.05) is 0 Å². The molecule has 0 aliphatic carbocycles. The molecule has 2 aliphatic rings. The summed E-state index contributed by atoms with van der Waals surface area (Å²) in [6.07, 6.45) is -12.7. The molecular weight excluding hydrogens is 320 g/mol. The highest BCUT2D eigenvalue weighted by atomic mass is 16.8. The largest absolute Gasteiger partial charge is 0.394 e. The van der Waals surface area contributed by atoms with Crippen molar-refractivity contribution in [2.75, 3.05) is 19.8 Å². The summed E-state index contributed by atoms with van der Waals surface area (Å²) >= 11 is 0. The fourth-order valence-electron chi connectivity index (χ4n) is 2.63. The van der Waals surface area contributed by atoms with Crippen molar-refractivity contribution in [2.45, 2.75) is 54.8 Å². The minimum atomic E-state index is -2.22. The number of aliphatic hydroxyl groups is 8. The number of hydrogen-bond donors (Lipinski definition) is 8. The van der Waals surface area contributed by atoms with Crippen molar-refractivity contribution in [1.82, 2.24) is 0 Å². The maximum Gasteiger partial charge on any atom is 0.224 e. The van der Waals surface area contributed by atoms with E-state index in [0.29, 0.717) is 0 Å². The number of ether oxygens (including phenoxy) is 3. The molecule has 11 heteroatoms. The van der Waals surface area contributed by atoms with E-state index in [4.69, 9.17) is 24.4 Å². The van der Waals surface area contributed by atoms with E-state index in [2.05, 4.69) is 0 Å². The standard InChI is InChI=1S/C12H22O11/c13-1-4-6(16)8(18)9(19)11(21-4)23-12(3-15)10(20)7(17)5(2-14)22-12/h4-11,13-20H,1-3H2/t4-,5+,6+,7-,8-,9-,10+,11+,12-/m0/s1. The molecule has 0 amide bonds.